The number of aryl methyl sites for hydroxylation is 4. The zero-order valence-corrected chi connectivity index (χ0v) is 33.0. The van der Waals surface area contributed by atoms with Gasteiger partial charge < -0.3 is 18.8 Å². The largest absolute Gasteiger partial charge is 0.437 e. The smallest absolute Gasteiger partial charge is 0.232 e. The third-order valence-corrected chi connectivity index (χ3v) is 11.8. The fraction of sp³-hybridized carbons (Fsp3) is 0.106. The summed E-state index contributed by atoms with van der Waals surface area (Å²) < 4.78 is 76.1. The van der Waals surface area contributed by atoms with Crippen molar-refractivity contribution < 1.29 is 26.4 Å². The monoisotopic (exact) mass is 792 g/mol. The molecule has 6 nitrogen and oxygen atoms in total. The number of benzene rings is 4. The molecule has 4 aromatic carbocycles. The Bertz CT molecular complexity index is 3220. The fourth-order valence-corrected chi connectivity index (χ4v) is 8.34. The molecular formula is C47H33F4N4O2P. The van der Waals surface area contributed by atoms with Gasteiger partial charge >= 0.3 is 0 Å². The molecule has 6 bridgehead atoms. The highest BCUT2D eigenvalue weighted by atomic mass is 31.0. The van der Waals surface area contributed by atoms with Crippen LogP contribution in [0.5, 0.6) is 0 Å². The number of halogens is 4. The lowest BCUT2D eigenvalue weighted by Crippen LogP contribution is -2.08. The van der Waals surface area contributed by atoms with Gasteiger partial charge in [-0.25, -0.2) is 22.5 Å². The van der Waals surface area contributed by atoms with E-state index in [4.69, 9.17) is 18.8 Å². The molecule has 1 aliphatic rings. The average Bonchev–Trinajstić information content (AvgIpc) is 4.07. The van der Waals surface area contributed by atoms with Crippen molar-refractivity contribution in [3.05, 3.63) is 135 Å². The minimum Gasteiger partial charge on any atom is -0.437 e. The van der Waals surface area contributed by atoms with E-state index in [0.29, 0.717) is 61.0 Å². The second-order valence-electron chi connectivity index (χ2n) is 14.9. The quantitative estimate of drug-likeness (QED) is 0.104. The van der Waals surface area contributed by atoms with Crippen molar-refractivity contribution in [2.45, 2.75) is 34.6 Å². The maximum Gasteiger partial charge on any atom is 0.232 e. The number of hydrogen-bond donors (Lipinski definition) is 2. The fourth-order valence-electron chi connectivity index (χ4n) is 8.08. The minimum atomic E-state index is -1.38. The number of furan rings is 2. The third kappa shape index (κ3) is 5.28. The third-order valence-electron chi connectivity index (χ3n) is 11.3. The van der Waals surface area contributed by atoms with Crippen LogP contribution in [-0.4, -0.2) is 19.9 Å². The van der Waals surface area contributed by atoms with Gasteiger partial charge in [0.05, 0.1) is 38.6 Å². The van der Waals surface area contributed by atoms with Crippen LogP contribution < -0.4 is 5.30 Å². The van der Waals surface area contributed by atoms with E-state index in [0.717, 1.165) is 33.4 Å². The zero-order chi connectivity index (χ0) is 40.3. The molecule has 5 aromatic heterocycles. The Morgan fingerprint density at radius 1 is 0.466 bits per heavy atom. The van der Waals surface area contributed by atoms with Crippen LogP contribution in [0.1, 0.15) is 39.2 Å². The number of fused-ring (bicyclic) bond motifs is 14. The van der Waals surface area contributed by atoms with Crippen LogP contribution in [0.25, 0.3) is 101 Å². The molecule has 1 unspecified atom stereocenters. The van der Waals surface area contributed by atoms with Gasteiger partial charge in [-0.15, -0.1) is 0 Å². The van der Waals surface area contributed by atoms with Gasteiger partial charge in [0.25, 0.3) is 0 Å². The molecule has 11 heteroatoms. The van der Waals surface area contributed by atoms with E-state index < -0.39 is 39.5 Å². The van der Waals surface area contributed by atoms with Crippen molar-refractivity contribution in [2.75, 3.05) is 0 Å². The van der Waals surface area contributed by atoms with Crippen molar-refractivity contribution in [1.82, 2.24) is 19.9 Å². The highest BCUT2D eigenvalue weighted by Crippen LogP contribution is 2.41. The molecule has 2 N–H and O–H groups in total. The van der Waals surface area contributed by atoms with Crippen LogP contribution in [0.15, 0.2) is 81.6 Å². The lowest BCUT2D eigenvalue weighted by atomic mass is 10.00. The van der Waals surface area contributed by atoms with Gasteiger partial charge in [0.1, 0.15) is 11.4 Å². The number of aromatic nitrogens is 4. The molecule has 1 aliphatic heterocycles. The summed E-state index contributed by atoms with van der Waals surface area (Å²) in [6.07, 6.45) is 3.91. The molecule has 1 atom stereocenters. The van der Waals surface area contributed by atoms with Crippen LogP contribution in [-0.2, 0) is 0 Å². The molecule has 0 radical (unpaired) electrons. The Morgan fingerprint density at radius 2 is 0.948 bits per heavy atom. The van der Waals surface area contributed by atoms with Gasteiger partial charge in [-0.2, -0.15) is 4.98 Å². The Kier molecular flexibility index (Phi) is 8.05. The van der Waals surface area contributed by atoms with E-state index in [-0.39, 0.29) is 22.3 Å². The highest BCUT2D eigenvalue weighted by molar-refractivity contribution is 7.27. The van der Waals surface area contributed by atoms with Crippen LogP contribution >= 0.6 is 9.24 Å². The molecule has 0 fully saturated rings. The summed E-state index contributed by atoms with van der Waals surface area (Å²) in [7, 11) is 1.91. The zero-order valence-electron chi connectivity index (χ0n) is 31.9. The first-order chi connectivity index (χ1) is 27.9. The predicted molar refractivity (Wildman–Crippen MR) is 228 cm³/mol. The molecule has 10 rings (SSSR count). The second kappa shape index (κ2) is 13.0. The summed E-state index contributed by atoms with van der Waals surface area (Å²) in [4.78, 5) is 17.1. The highest BCUT2D eigenvalue weighted by Gasteiger charge is 2.26. The lowest BCUT2D eigenvalue weighted by Gasteiger charge is -2.07. The van der Waals surface area contributed by atoms with E-state index in [9.17, 15) is 0 Å². The molecule has 0 aliphatic carbocycles. The topological polar surface area (TPSA) is 83.6 Å². The molecule has 9 aromatic rings. The first kappa shape index (κ1) is 35.9. The Morgan fingerprint density at radius 3 is 1.48 bits per heavy atom. The van der Waals surface area contributed by atoms with Gasteiger partial charge in [0, 0.05) is 32.9 Å². The standard InChI is InChI=1S/C47H33F4N4O2P/c1-20-6-10-25(11-7-20)34-27-14-15-28(52-27)35(26-12-8-21(2)9-13-26)30-17-19-32(54-30)37-38-40(49)41(50)45(58)42(51)44(38)57-47(37)55-46-36(31-18-16-29(34)53-31)33-24(5)39(48)22(3)23(4)43(33)56-46/h6-19,53-54H,58H2,1-5H3. The molecule has 6 heterocycles. The average molecular weight is 793 g/mol. The van der Waals surface area contributed by atoms with E-state index in [1.54, 1.807) is 32.9 Å². The molecule has 286 valence electrons. The summed E-state index contributed by atoms with van der Waals surface area (Å²) in [5.74, 6) is -4.18. The number of nitrogens with zero attached hydrogens (tertiary/aromatic N) is 2. The van der Waals surface area contributed by atoms with Crippen molar-refractivity contribution in [2.24, 2.45) is 0 Å². The Balaban J connectivity index is 1.50. The SMILES string of the molecule is Cc1ccc(-c2c3nc(c(-c4ccc(C)cc4)c4ccc([nH]4)c4c(nc5oc6c(C)c(C)c(F)c(C)c6c5c5ccc2[nH]5)oc2c(F)c(P)c(F)c(F)c24)C=C3)cc1. The summed E-state index contributed by atoms with van der Waals surface area (Å²) in [5.41, 5.74) is 9.84. The summed E-state index contributed by atoms with van der Waals surface area (Å²) in [5, 5.41) is -0.215. The van der Waals surface area contributed by atoms with Crippen LogP contribution in [0, 0.1) is 57.9 Å². The van der Waals surface area contributed by atoms with Gasteiger partial charge in [0.15, 0.2) is 23.0 Å². The van der Waals surface area contributed by atoms with Gasteiger partial charge in [-0.1, -0.05) is 68.9 Å². The first-order valence-corrected chi connectivity index (χ1v) is 19.2. The number of hydrogen-bond acceptors (Lipinski definition) is 4. The van der Waals surface area contributed by atoms with Crippen LogP contribution in [0.3, 0.4) is 0 Å². The lowest BCUT2D eigenvalue weighted by molar-refractivity contribution is 0.508. The molecule has 58 heavy (non-hydrogen) atoms. The van der Waals surface area contributed by atoms with Gasteiger partial charge in [-0.3, -0.25) is 0 Å². The van der Waals surface area contributed by atoms with Crippen LogP contribution in [0.2, 0.25) is 0 Å². The summed E-state index contributed by atoms with van der Waals surface area (Å²) >= 11 is 0. The van der Waals surface area contributed by atoms with E-state index in [2.05, 4.69) is 9.97 Å². The maximum absolute atomic E-state index is 16.2. The predicted octanol–water partition coefficient (Wildman–Crippen LogP) is 12.9. The minimum absolute atomic E-state index is 0.0105. The van der Waals surface area contributed by atoms with Crippen LogP contribution in [0.4, 0.5) is 17.6 Å². The molecule has 0 spiro atoms. The van der Waals surface area contributed by atoms with Gasteiger partial charge in [0.2, 0.25) is 11.4 Å². The Labute approximate surface area is 330 Å². The second-order valence-corrected chi connectivity index (χ2v) is 15.5. The van der Waals surface area contributed by atoms with Crippen molar-refractivity contribution in [3.8, 4) is 22.3 Å². The molecule has 0 saturated carbocycles. The normalized spacial score (nSPS) is 12.2. The summed E-state index contributed by atoms with van der Waals surface area (Å²) in [6, 6.07) is 23.4. The van der Waals surface area contributed by atoms with E-state index in [1.807, 2.05) is 95.9 Å². The van der Waals surface area contributed by atoms with Gasteiger partial charge in [-0.05, 0) is 98.9 Å². The Hall–Kier alpha value is -6.51. The van der Waals surface area contributed by atoms with Crippen molar-refractivity contribution >= 4 is 92.9 Å². The number of aromatic amines is 2. The molecule has 0 saturated heterocycles. The first-order valence-electron chi connectivity index (χ1n) is 18.6. The van der Waals surface area contributed by atoms with Crippen molar-refractivity contribution in [3.63, 3.8) is 0 Å². The van der Waals surface area contributed by atoms with Crippen molar-refractivity contribution in [1.29, 1.82) is 0 Å². The summed E-state index contributed by atoms with van der Waals surface area (Å²) in [6.45, 7) is 9.14. The van der Waals surface area contributed by atoms with E-state index >= 15 is 17.6 Å². The number of H-pyrrole nitrogens is 2. The number of nitrogens with one attached hydrogen (secondary N) is 2. The molecular weight excluding hydrogens is 760 g/mol. The molecule has 0 amide bonds. The number of rotatable bonds is 2. The van der Waals surface area contributed by atoms with E-state index in [1.165, 1.54) is 0 Å². The maximum atomic E-state index is 16.2.